The van der Waals surface area contributed by atoms with Gasteiger partial charge >= 0.3 is 0 Å². The fourth-order valence-electron chi connectivity index (χ4n) is 5.18. The third kappa shape index (κ3) is 5.02. The molecule has 4 rings (SSSR count). The molecular weight excluding hydrogens is 450 g/mol. The molecule has 5 heteroatoms. The summed E-state index contributed by atoms with van der Waals surface area (Å²) in [5.41, 5.74) is 7.22. The molecule has 1 unspecified atom stereocenters. The number of ether oxygens (including phenoxy) is 2. The van der Waals surface area contributed by atoms with Gasteiger partial charge in [-0.2, -0.15) is 0 Å². The minimum Gasteiger partial charge on any atom is -0.496 e. The minimum atomic E-state index is -0.136. The first-order valence-corrected chi connectivity index (χ1v) is 12.8. The van der Waals surface area contributed by atoms with Gasteiger partial charge in [0.1, 0.15) is 22.9 Å². The van der Waals surface area contributed by atoms with Crippen molar-refractivity contribution in [2.24, 2.45) is 0 Å². The van der Waals surface area contributed by atoms with Crippen molar-refractivity contribution in [2.45, 2.75) is 78.9 Å². The largest absolute Gasteiger partial charge is 0.496 e. The highest BCUT2D eigenvalue weighted by Crippen LogP contribution is 2.41. The van der Waals surface area contributed by atoms with Gasteiger partial charge in [-0.15, -0.1) is 0 Å². The maximum absolute atomic E-state index is 13.2. The van der Waals surface area contributed by atoms with Crippen LogP contribution in [0.25, 0.3) is 0 Å². The molecule has 0 saturated carbocycles. The van der Waals surface area contributed by atoms with Crippen LogP contribution < -0.4 is 9.47 Å². The number of para-hydroxylation sites is 1. The Morgan fingerprint density at radius 1 is 1.08 bits per heavy atom. The normalized spacial score (nSPS) is 15.1. The van der Waals surface area contributed by atoms with Crippen LogP contribution in [-0.2, 0) is 19.3 Å². The minimum absolute atomic E-state index is 0.0145. The lowest BCUT2D eigenvalue weighted by Gasteiger charge is -2.35. The quantitative estimate of drug-likeness (QED) is 0.375. The second-order valence-electron chi connectivity index (χ2n) is 10.7. The predicted molar refractivity (Wildman–Crippen MR) is 143 cm³/mol. The fourth-order valence-corrected chi connectivity index (χ4v) is 5.18. The van der Waals surface area contributed by atoms with E-state index in [4.69, 9.17) is 13.9 Å². The first kappa shape index (κ1) is 25.9. The van der Waals surface area contributed by atoms with Crippen LogP contribution in [0.5, 0.6) is 11.5 Å². The molecule has 0 aliphatic carbocycles. The fraction of sp³-hybridized carbons (Fsp3) is 0.452. The molecule has 1 aliphatic heterocycles. The number of hydrogen-bond acceptors (Lipinski definition) is 4. The summed E-state index contributed by atoms with van der Waals surface area (Å²) >= 11 is 0. The van der Waals surface area contributed by atoms with Crippen molar-refractivity contribution in [3.05, 3.63) is 81.3 Å². The second kappa shape index (κ2) is 10.0. The number of benzene rings is 2. The summed E-state index contributed by atoms with van der Waals surface area (Å²) in [5.74, 6) is 2.94. The van der Waals surface area contributed by atoms with E-state index in [1.807, 2.05) is 44.3 Å². The number of nitrogens with zero attached hydrogens (tertiary/aromatic N) is 1. The molecule has 192 valence electrons. The molecule has 1 atom stereocenters. The Bertz CT molecular complexity index is 1270. The van der Waals surface area contributed by atoms with Crippen LogP contribution in [0.1, 0.15) is 76.9 Å². The number of furan rings is 1. The molecule has 0 spiro atoms. The number of rotatable bonds is 7. The average Bonchev–Trinajstić information content (AvgIpc) is 3.32. The topological polar surface area (TPSA) is 51.9 Å². The van der Waals surface area contributed by atoms with Crippen LogP contribution >= 0.6 is 0 Å². The molecule has 1 amide bonds. The number of likely N-dealkylation sites (N-methyl/N-ethyl adjacent to an activating group) is 1. The van der Waals surface area contributed by atoms with E-state index in [0.717, 1.165) is 35.7 Å². The van der Waals surface area contributed by atoms with E-state index in [9.17, 15) is 4.79 Å². The van der Waals surface area contributed by atoms with Gasteiger partial charge in [0.15, 0.2) is 5.76 Å². The summed E-state index contributed by atoms with van der Waals surface area (Å²) in [6.45, 7) is 12.8. The van der Waals surface area contributed by atoms with Crippen LogP contribution in [0, 0.1) is 20.8 Å². The Kier molecular flexibility index (Phi) is 7.21. The van der Waals surface area contributed by atoms with Gasteiger partial charge in [-0.25, -0.2) is 0 Å². The zero-order valence-electron chi connectivity index (χ0n) is 23.0. The summed E-state index contributed by atoms with van der Waals surface area (Å²) in [4.78, 5) is 15.0. The maximum atomic E-state index is 13.2. The van der Waals surface area contributed by atoms with Gasteiger partial charge in [-0.1, -0.05) is 18.2 Å². The Morgan fingerprint density at radius 2 is 1.81 bits per heavy atom. The first-order chi connectivity index (χ1) is 17.0. The van der Waals surface area contributed by atoms with E-state index in [0.29, 0.717) is 18.6 Å². The number of hydrogen-bond donors (Lipinski definition) is 0. The molecule has 5 nitrogen and oxygen atoms in total. The molecule has 1 aromatic heterocycles. The summed E-state index contributed by atoms with van der Waals surface area (Å²) in [6.07, 6.45) is 3.37. The molecule has 2 aromatic carbocycles. The smallest absolute Gasteiger partial charge is 0.289 e. The highest BCUT2D eigenvalue weighted by molar-refractivity contribution is 5.91. The molecule has 2 heterocycles. The van der Waals surface area contributed by atoms with Gasteiger partial charge in [0.2, 0.25) is 0 Å². The van der Waals surface area contributed by atoms with Crippen molar-refractivity contribution in [1.29, 1.82) is 0 Å². The van der Waals surface area contributed by atoms with Gasteiger partial charge in [-0.3, -0.25) is 4.79 Å². The molecule has 0 saturated heterocycles. The van der Waals surface area contributed by atoms with Crippen LogP contribution in [0.2, 0.25) is 0 Å². The molecule has 0 N–H and O–H groups in total. The van der Waals surface area contributed by atoms with Crippen molar-refractivity contribution in [3.8, 4) is 11.5 Å². The number of amides is 1. The average molecular weight is 490 g/mol. The summed E-state index contributed by atoms with van der Waals surface area (Å²) in [7, 11) is 3.50. The number of fused-ring (bicyclic) bond motifs is 1. The standard InChI is InChI=1S/C31H39NO4/c1-19(17-23-11-9-10-12-27(23)34-8)32(7)30(33)28-14-13-24(35-28)18-26-20(2)21(3)29-25(22(26)4)15-16-31(5,6)36-29/h9-14,19H,15-18H2,1-8H3. The number of methoxy groups -OCH3 is 1. The highest BCUT2D eigenvalue weighted by atomic mass is 16.5. The molecule has 1 aliphatic rings. The van der Waals surface area contributed by atoms with Crippen molar-refractivity contribution in [1.82, 2.24) is 4.90 Å². The van der Waals surface area contributed by atoms with E-state index in [2.05, 4.69) is 34.6 Å². The zero-order valence-corrected chi connectivity index (χ0v) is 23.0. The van der Waals surface area contributed by atoms with Crippen LogP contribution in [0.3, 0.4) is 0 Å². The second-order valence-corrected chi connectivity index (χ2v) is 10.7. The summed E-state index contributed by atoms with van der Waals surface area (Å²) in [6, 6.07) is 11.6. The SMILES string of the molecule is COc1ccccc1CC(C)N(C)C(=O)c1ccc(Cc2c(C)c(C)c3c(c2C)CCC(C)(C)O3)o1. The van der Waals surface area contributed by atoms with E-state index in [-0.39, 0.29) is 17.6 Å². The van der Waals surface area contributed by atoms with Gasteiger partial charge < -0.3 is 18.8 Å². The molecule has 0 fully saturated rings. The third-order valence-corrected chi connectivity index (χ3v) is 7.80. The van der Waals surface area contributed by atoms with Gasteiger partial charge in [0, 0.05) is 19.5 Å². The van der Waals surface area contributed by atoms with Crippen molar-refractivity contribution in [2.75, 3.05) is 14.2 Å². The van der Waals surface area contributed by atoms with Crippen molar-refractivity contribution in [3.63, 3.8) is 0 Å². The predicted octanol–water partition coefficient (Wildman–Crippen LogP) is 6.61. The molecule has 0 bridgehead atoms. The number of carbonyl (C=O) groups excluding carboxylic acids is 1. The van der Waals surface area contributed by atoms with Gasteiger partial charge in [-0.05, 0) is 112 Å². The van der Waals surface area contributed by atoms with Gasteiger partial charge in [0.05, 0.1) is 7.11 Å². The van der Waals surface area contributed by atoms with Crippen molar-refractivity contribution < 1.29 is 18.7 Å². The van der Waals surface area contributed by atoms with E-state index in [1.165, 1.54) is 27.8 Å². The van der Waals surface area contributed by atoms with Crippen LogP contribution in [-0.4, -0.2) is 36.6 Å². The van der Waals surface area contributed by atoms with E-state index < -0.39 is 0 Å². The monoisotopic (exact) mass is 489 g/mol. The van der Waals surface area contributed by atoms with Gasteiger partial charge in [0.25, 0.3) is 5.91 Å². The molecule has 0 radical (unpaired) electrons. The Labute approximate surface area is 215 Å². The lowest BCUT2D eigenvalue weighted by Crippen LogP contribution is -2.36. The molecule has 3 aromatic rings. The summed E-state index contributed by atoms with van der Waals surface area (Å²) < 4.78 is 17.9. The maximum Gasteiger partial charge on any atom is 0.289 e. The lowest BCUT2D eigenvalue weighted by atomic mass is 9.84. The number of carbonyl (C=O) groups is 1. The van der Waals surface area contributed by atoms with Crippen LogP contribution in [0.4, 0.5) is 0 Å². The summed E-state index contributed by atoms with van der Waals surface area (Å²) in [5, 5.41) is 0. The van der Waals surface area contributed by atoms with Crippen molar-refractivity contribution >= 4 is 5.91 Å². The Hall–Kier alpha value is -3.21. The third-order valence-electron chi connectivity index (χ3n) is 7.80. The zero-order chi connectivity index (χ0) is 26.2. The first-order valence-electron chi connectivity index (χ1n) is 12.8. The molecule has 36 heavy (non-hydrogen) atoms. The molecular formula is C31H39NO4. The Morgan fingerprint density at radius 3 is 2.53 bits per heavy atom. The highest BCUT2D eigenvalue weighted by Gasteiger charge is 2.31. The lowest BCUT2D eigenvalue weighted by molar-refractivity contribution is 0.0709. The van der Waals surface area contributed by atoms with E-state index in [1.54, 1.807) is 18.1 Å². The van der Waals surface area contributed by atoms with E-state index >= 15 is 0 Å². The Balaban J connectivity index is 1.51. The van der Waals surface area contributed by atoms with Crippen LogP contribution in [0.15, 0.2) is 40.8 Å².